The van der Waals surface area contributed by atoms with Crippen molar-refractivity contribution in [3.63, 3.8) is 0 Å². The molecule has 0 aliphatic heterocycles. The van der Waals surface area contributed by atoms with Crippen molar-refractivity contribution in [1.29, 1.82) is 0 Å². The maximum atomic E-state index is 13.0. The second-order valence-corrected chi connectivity index (χ2v) is 3.91. The summed E-state index contributed by atoms with van der Waals surface area (Å²) in [5.74, 6) is -2.03. The zero-order valence-electron chi connectivity index (χ0n) is 9.06. The lowest BCUT2D eigenvalue weighted by molar-refractivity contribution is -0.139. The van der Waals surface area contributed by atoms with Gasteiger partial charge in [-0.2, -0.15) is 0 Å². The van der Waals surface area contributed by atoms with E-state index >= 15 is 0 Å². The number of alkyl halides is 1. The van der Waals surface area contributed by atoms with Crippen molar-refractivity contribution in [2.75, 3.05) is 6.67 Å². The number of aliphatic carboxylic acids is 1. The van der Waals surface area contributed by atoms with Crippen molar-refractivity contribution in [2.45, 2.75) is 12.0 Å². The average molecular weight is 236 g/mol. The number of carboxylic acid groups (broad SMARTS) is 1. The molecule has 0 aliphatic rings. The number of hydrogen-bond donors (Lipinski definition) is 3. The van der Waals surface area contributed by atoms with E-state index in [1.54, 1.807) is 6.20 Å². The first-order valence-corrected chi connectivity index (χ1v) is 5.25. The molecule has 5 heteroatoms. The van der Waals surface area contributed by atoms with Gasteiger partial charge in [-0.25, -0.2) is 0 Å². The van der Waals surface area contributed by atoms with Crippen molar-refractivity contribution in [2.24, 2.45) is 5.73 Å². The Hall–Kier alpha value is -1.88. The van der Waals surface area contributed by atoms with Crippen LogP contribution in [-0.4, -0.2) is 28.8 Å². The van der Waals surface area contributed by atoms with Gasteiger partial charge in [0.15, 0.2) is 0 Å². The van der Waals surface area contributed by atoms with Crippen LogP contribution in [0.4, 0.5) is 4.39 Å². The summed E-state index contributed by atoms with van der Waals surface area (Å²) in [6.45, 7) is -0.796. The Balaban J connectivity index is 2.47. The first kappa shape index (κ1) is 11.6. The van der Waals surface area contributed by atoms with Crippen LogP contribution < -0.4 is 5.73 Å². The summed E-state index contributed by atoms with van der Waals surface area (Å²) in [6, 6.07) is 6.10. The van der Waals surface area contributed by atoms with Crippen molar-refractivity contribution < 1.29 is 14.3 Å². The Morgan fingerprint density at radius 2 is 2.18 bits per heavy atom. The maximum absolute atomic E-state index is 13.0. The topological polar surface area (TPSA) is 79.1 Å². The number of H-pyrrole nitrogens is 1. The molecule has 0 amide bonds. The van der Waals surface area contributed by atoms with E-state index in [4.69, 9.17) is 10.8 Å². The number of halogens is 1. The number of hydrogen-bond acceptors (Lipinski definition) is 2. The van der Waals surface area contributed by atoms with Gasteiger partial charge in [-0.15, -0.1) is 0 Å². The third-order valence-corrected chi connectivity index (χ3v) is 2.91. The summed E-state index contributed by atoms with van der Waals surface area (Å²) in [7, 11) is 0. The van der Waals surface area contributed by atoms with Crippen LogP contribution in [0, 0.1) is 0 Å². The predicted octanol–water partition coefficient (Wildman–Crippen LogP) is 1.63. The molecule has 0 spiro atoms. The SMILES string of the molecule is N[C@H](C(=O)O)C(CF)c1c[nH]c2ccccc12. The van der Waals surface area contributed by atoms with Gasteiger partial charge in [0.1, 0.15) is 6.04 Å². The highest BCUT2D eigenvalue weighted by molar-refractivity contribution is 5.85. The van der Waals surface area contributed by atoms with Gasteiger partial charge >= 0.3 is 5.97 Å². The quantitative estimate of drug-likeness (QED) is 0.754. The smallest absolute Gasteiger partial charge is 0.321 e. The summed E-state index contributed by atoms with van der Waals surface area (Å²) in [5.41, 5.74) is 6.96. The highest BCUT2D eigenvalue weighted by atomic mass is 19.1. The molecule has 4 nitrogen and oxygen atoms in total. The van der Waals surface area contributed by atoms with E-state index in [1.165, 1.54) is 0 Å². The Bertz CT molecular complexity index is 538. The summed E-state index contributed by atoms with van der Waals surface area (Å²) in [5, 5.41) is 9.66. The van der Waals surface area contributed by atoms with E-state index in [1.807, 2.05) is 24.3 Å². The highest BCUT2D eigenvalue weighted by Crippen LogP contribution is 2.27. The molecule has 1 heterocycles. The normalized spacial score (nSPS) is 14.7. The molecular formula is C12H13FN2O2. The molecule has 0 aliphatic carbocycles. The maximum Gasteiger partial charge on any atom is 0.321 e. The van der Waals surface area contributed by atoms with Gasteiger partial charge in [0.25, 0.3) is 0 Å². The molecule has 0 fully saturated rings. The fourth-order valence-electron chi connectivity index (χ4n) is 1.95. The molecule has 1 unspecified atom stereocenters. The minimum atomic E-state index is -1.24. The van der Waals surface area contributed by atoms with Gasteiger partial charge < -0.3 is 15.8 Å². The van der Waals surface area contributed by atoms with Gasteiger partial charge in [0.2, 0.25) is 0 Å². The molecule has 17 heavy (non-hydrogen) atoms. The van der Waals surface area contributed by atoms with Crippen LogP contribution >= 0.6 is 0 Å². The summed E-state index contributed by atoms with van der Waals surface area (Å²) < 4.78 is 13.0. The van der Waals surface area contributed by atoms with E-state index in [0.717, 1.165) is 10.9 Å². The molecule has 0 radical (unpaired) electrons. The largest absolute Gasteiger partial charge is 0.480 e. The van der Waals surface area contributed by atoms with Gasteiger partial charge in [-0.05, 0) is 11.6 Å². The number of aromatic amines is 1. The molecule has 90 valence electrons. The molecule has 0 saturated heterocycles. The molecule has 0 saturated carbocycles. The Kier molecular flexibility index (Phi) is 3.10. The lowest BCUT2D eigenvalue weighted by atomic mass is 9.93. The second-order valence-electron chi connectivity index (χ2n) is 3.91. The molecular weight excluding hydrogens is 223 g/mol. The summed E-state index contributed by atoms with van der Waals surface area (Å²) in [4.78, 5) is 13.8. The standard InChI is InChI=1S/C12H13FN2O2/c13-5-8(11(14)12(16)17)9-6-15-10-4-2-1-3-7(9)10/h1-4,6,8,11,15H,5,14H2,(H,16,17)/t8?,11-/m0/s1. The van der Waals surface area contributed by atoms with Crippen molar-refractivity contribution in [3.05, 3.63) is 36.0 Å². The van der Waals surface area contributed by atoms with Gasteiger partial charge in [0.05, 0.1) is 6.67 Å². The molecule has 4 N–H and O–H groups in total. The van der Waals surface area contributed by atoms with Crippen LogP contribution in [-0.2, 0) is 4.79 Å². The van der Waals surface area contributed by atoms with E-state index in [2.05, 4.69) is 4.98 Å². The molecule has 0 bridgehead atoms. The summed E-state index contributed by atoms with van der Waals surface area (Å²) in [6.07, 6.45) is 1.62. The molecule has 1 aromatic heterocycles. The van der Waals surface area contributed by atoms with Crippen LogP contribution in [0.15, 0.2) is 30.5 Å². The zero-order valence-corrected chi connectivity index (χ0v) is 9.06. The number of benzene rings is 1. The third-order valence-electron chi connectivity index (χ3n) is 2.91. The van der Waals surface area contributed by atoms with Crippen LogP contribution in [0.5, 0.6) is 0 Å². The molecule has 2 atom stereocenters. The van der Waals surface area contributed by atoms with Crippen LogP contribution in [0.25, 0.3) is 10.9 Å². The van der Waals surface area contributed by atoms with Gasteiger partial charge in [0, 0.05) is 23.0 Å². The van der Waals surface area contributed by atoms with E-state index in [9.17, 15) is 9.18 Å². The third kappa shape index (κ3) is 2.01. The second kappa shape index (κ2) is 4.55. The predicted molar refractivity (Wildman–Crippen MR) is 62.6 cm³/mol. The summed E-state index contributed by atoms with van der Waals surface area (Å²) >= 11 is 0. The number of nitrogens with two attached hydrogens (primary N) is 1. The van der Waals surface area contributed by atoms with Crippen molar-refractivity contribution in [1.82, 2.24) is 4.98 Å². The van der Waals surface area contributed by atoms with Crippen molar-refractivity contribution in [3.8, 4) is 0 Å². The number of fused-ring (bicyclic) bond motifs is 1. The first-order valence-electron chi connectivity index (χ1n) is 5.25. The van der Waals surface area contributed by atoms with Crippen molar-refractivity contribution >= 4 is 16.9 Å². The first-order chi connectivity index (χ1) is 8.15. The molecule has 2 rings (SSSR count). The fraction of sp³-hybridized carbons (Fsp3) is 0.250. The average Bonchev–Trinajstić information content (AvgIpc) is 2.74. The molecule has 1 aromatic carbocycles. The lowest BCUT2D eigenvalue weighted by Crippen LogP contribution is -2.37. The van der Waals surface area contributed by atoms with E-state index in [0.29, 0.717) is 5.56 Å². The number of carboxylic acids is 1. The number of rotatable bonds is 4. The van der Waals surface area contributed by atoms with E-state index < -0.39 is 24.6 Å². The zero-order chi connectivity index (χ0) is 12.4. The number of para-hydroxylation sites is 1. The number of aromatic nitrogens is 1. The molecule has 2 aromatic rings. The highest BCUT2D eigenvalue weighted by Gasteiger charge is 2.27. The minimum absolute atomic E-state index is 0.609. The van der Waals surface area contributed by atoms with Crippen LogP contribution in [0.2, 0.25) is 0 Å². The lowest BCUT2D eigenvalue weighted by Gasteiger charge is -2.16. The Morgan fingerprint density at radius 3 is 2.82 bits per heavy atom. The van der Waals surface area contributed by atoms with Gasteiger partial charge in [-0.1, -0.05) is 18.2 Å². The minimum Gasteiger partial charge on any atom is -0.480 e. The van der Waals surface area contributed by atoms with Crippen LogP contribution in [0.3, 0.4) is 0 Å². The van der Waals surface area contributed by atoms with Gasteiger partial charge in [-0.3, -0.25) is 9.18 Å². The monoisotopic (exact) mass is 236 g/mol. The van der Waals surface area contributed by atoms with E-state index in [-0.39, 0.29) is 0 Å². The number of nitrogens with one attached hydrogen (secondary N) is 1. The Labute approximate surface area is 97.2 Å². The van der Waals surface area contributed by atoms with Crippen LogP contribution in [0.1, 0.15) is 11.5 Å². The number of carbonyl (C=O) groups is 1. The fourth-order valence-corrected chi connectivity index (χ4v) is 1.95. The Morgan fingerprint density at radius 1 is 1.47 bits per heavy atom.